The smallest absolute Gasteiger partial charge is 0.267 e. The lowest BCUT2D eigenvalue weighted by molar-refractivity contribution is -0.124. The average Bonchev–Trinajstić information content (AvgIpc) is 3.18. The molecule has 0 saturated carbocycles. The van der Waals surface area contributed by atoms with E-state index in [4.69, 9.17) is 5.21 Å². The van der Waals surface area contributed by atoms with Gasteiger partial charge in [-0.2, -0.15) is 0 Å². The topological polar surface area (TPSA) is 70.4 Å². The van der Waals surface area contributed by atoms with Crippen LogP contribution in [0.1, 0.15) is 31.4 Å². The first-order valence-corrected chi connectivity index (χ1v) is 10.2. The van der Waals surface area contributed by atoms with E-state index in [2.05, 4.69) is 21.4 Å². The summed E-state index contributed by atoms with van der Waals surface area (Å²) in [6.45, 7) is 5.13. The molecule has 1 aliphatic rings. The molecule has 4 rings (SSSR count). The van der Waals surface area contributed by atoms with Gasteiger partial charge in [0.05, 0.1) is 5.52 Å². The lowest BCUT2D eigenvalue weighted by atomic mass is 10.0. The average molecular weight is 408 g/mol. The van der Waals surface area contributed by atoms with Crippen LogP contribution in [0.5, 0.6) is 0 Å². The van der Waals surface area contributed by atoms with E-state index in [0.717, 1.165) is 54.9 Å². The van der Waals surface area contributed by atoms with Gasteiger partial charge in [0.1, 0.15) is 11.3 Å². The second-order valence-corrected chi connectivity index (χ2v) is 7.54. The summed E-state index contributed by atoms with van der Waals surface area (Å²) < 4.78 is 16.7. The van der Waals surface area contributed by atoms with Crippen molar-refractivity contribution in [2.45, 2.75) is 25.8 Å². The summed E-state index contributed by atoms with van der Waals surface area (Å²) in [4.78, 5) is 18.4. The van der Waals surface area contributed by atoms with Crippen molar-refractivity contribution >= 4 is 23.0 Å². The molecule has 1 fully saturated rings. The van der Waals surface area contributed by atoms with Crippen molar-refractivity contribution in [3.8, 4) is 11.4 Å². The van der Waals surface area contributed by atoms with Gasteiger partial charge in [-0.25, -0.2) is 14.9 Å². The Morgan fingerprint density at radius 1 is 1.33 bits per heavy atom. The number of para-hydroxylation sites is 1. The van der Waals surface area contributed by atoms with Gasteiger partial charge in [-0.1, -0.05) is 31.2 Å². The van der Waals surface area contributed by atoms with E-state index >= 15 is 0 Å². The lowest BCUT2D eigenvalue weighted by Crippen LogP contribution is -2.36. The lowest BCUT2D eigenvalue weighted by Gasteiger charge is -2.33. The Kier molecular flexibility index (Phi) is 5.92. The van der Waals surface area contributed by atoms with Crippen molar-refractivity contribution in [3.63, 3.8) is 0 Å². The van der Waals surface area contributed by atoms with Crippen molar-refractivity contribution in [2.24, 2.45) is 0 Å². The first-order chi connectivity index (χ1) is 14.6. The monoisotopic (exact) mass is 408 g/mol. The number of fused-ring (bicyclic) bond motifs is 1. The zero-order valence-electron chi connectivity index (χ0n) is 16.9. The first-order valence-electron chi connectivity index (χ1n) is 10.2. The Labute approximate surface area is 174 Å². The molecule has 2 aromatic carbocycles. The molecule has 2 N–H and O–H groups in total. The molecular weight excluding hydrogens is 383 g/mol. The molecule has 1 saturated heterocycles. The van der Waals surface area contributed by atoms with Gasteiger partial charge >= 0.3 is 0 Å². The molecule has 0 bridgehead atoms. The summed E-state index contributed by atoms with van der Waals surface area (Å²) in [5.41, 5.74) is 4.39. The Balaban J connectivity index is 1.82. The number of aromatic nitrogens is 2. The summed E-state index contributed by atoms with van der Waals surface area (Å²) in [6, 6.07) is 12.9. The molecule has 6 nitrogen and oxygen atoms in total. The van der Waals surface area contributed by atoms with Crippen LogP contribution in [0.15, 0.2) is 48.5 Å². The maximum atomic E-state index is 14.6. The first kappa shape index (κ1) is 20.3. The quantitative estimate of drug-likeness (QED) is 0.380. The number of halogens is 1. The highest BCUT2D eigenvalue weighted by Gasteiger charge is 2.26. The van der Waals surface area contributed by atoms with Gasteiger partial charge in [0.2, 0.25) is 0 Å². The number of amides is 1. The molecule has 2 heterocycles. The van der Waals surface area contributed by atoms with E-state index in [1.807, 2.05) is 30.3 Å². The summed E-state index contributed by atoms with van der Waals surface area (Å²) in [5, 5.41) is 8.67. The predicted molar refractivity (Wildman–Crippen MR) is 114 cm³/mol. The van der Waals surface area contributed by atoms with Crippen molar-refractivity contribution < 1.29 is 14.4 Å². The highest BCUT2D eigenvalue weighted by Crippen LogP contribution is 2.33. The van der Waals surface area contributed by atoms with Gasteiger partial charge in [0, 0.05) is 24.2 Å². The molecule has 0 aliphatic carbocycles. The number of hydrogen-bond donors (Lipinski definition) is 2. The Bertz CT molecular complexity index is 1090. The van der Waals surface area contributed by atoms with E-state index in [-0.39, 0.29) is 11.9 Å². The van der Waals surface area contributed by atoms with Crippen LogP contribution in [-0.4, -0.2) is 45.2 Å². The number of rotatable bonds is 5. The number of benzene rings is 2. The third-order valence-electron chi connectivity index (χ3n) is 5.65. The Morgan fingerprint density at radius 3 is 2.97 bits per heavy atom. The van der Waals surface area contributed by atoms with Crippen LogP contribution in [0.2, 0.25) is 0 Å². The number of hydrogen-bond acceptors (Lipinski definition) is 4. The number of nitrogens with one attached hydrogen (secondary N) is 1. The molecule has 1 aromatic heterocycles. The van der Waals surface area contributed by atoms with Crippen LogP contribution in [0.3, 0.4) is 0 Å². The second-order valence-electron chi connectivity index (χ2n) is 7.54. The fourth-order valence-electron chi connectivity index (χ4n) is 4.18. The fraction of sp³-hybridized carbons (Fsp3) is 0.304. The normalized spacial score (nSPS) is 17.6. The van der Waals surface area contributed by atoms with Crippen LogP contribution < -0.4 is 5.48 Å². The minimum absolute atomic E-state index is 0.208. The Morgan fingerprint density at radius 2 is 2.17 bits per heavy atom. The molecule has 1 atom stereocenters. The molecule has 1 amide bonds. The number of piperidine rings is 1. The molecule has 1 aliphatic heterocycles. The van der Waals surface area contributed by atoms with E-state index in [1.165, 1.54) is 12.1 Å². The molecule has 0 spiro atoms. The number of carbonyl (C=O) groups is 1. The zero-order chi connectivity index (χ0) is 21.1. The third-order valence-corrected chi connectivity index (χ3v) is 5.65. The summed E-state index contributed by atoms with van der Waals surface area (Å²) in [5.74, 6) is -0.206. The number of carbonyl (C=O) groups excluding carboxylic acids is 1. The van der Waals surface area contributed by atoms with E-state index < -0.39 is 5.91 Å². The number of likely N-dealkylation sites (tertiary alicyclic amines) is 1. The largest absolute Gasteiger partial charge is 0.319 e. The summed E-state index contributed by atoms with van der Waals surface area (Å²) in [6.07, 6.45) is 4.97. The van der Waals surface area contributed by atoms with E-state index in [0.29, 0.717) is 5.52 Å². The van der Waals surface area contributed by atoms with Crippen molar-refractivity contribution in [3.05, 3.63) is 59.9 Å². The maximum Gasteiger partial charge on any atom is 0.267 e. The van der Waals surface area contributed by atoms with Gasteiger partial charge in [0.15, 0.2) is 5.82 Å². The molecule has 0 radical (unpaired) electrons. The molecular formula is C23H25FN4O2. The standard InChI is InChI=1S/C23H25FN4O2/c1-2-27-13-5-8-18(15-27)28-20-10-4-9-19(24)22(20)25-23(28)17-7-3-6-16(14-17)11-12-21(29)26-30/h3-4,6-7,9-12,14,18,30H,2,5,8,13,15H2,1H3,(H,26,29). The van der Waals surface area contributed by atoms with Gasteiger partial charge < -0.3 is 9.47 Å². The van der Waals surface area contributed by atoms with Gasteiger partial charge in [-0.3, -0.25) is 10.0 Å². The minimum Gasteiger partial charge on any atom is -0.319 e. The minimum atomic E-state index is -0.600. The SMILES string of the molecule is CCN1CCCC(n2c(-c3cccc(C=CC(=O)NO)c3)nc3c(F)cccc32)C1. The van der Waals surface area contributed by atoms with E-state index in [9.17, 15) is 9.18 Å². The van der Waals surface area contributed by atoms with Gasteiger partial charge in [-0.15, -0.1) is 0 Å². The van der Waals surface area contributed by atoms with Crippen LogP contribution >= 0.6 is 0 Å². The molecule has 3 aromatic rings. The number of nitrogens with zero attached hydrogens (tertiary/aromatic N) is 3. The third kappa shape index (κ3) is 3.99. The molecule has 156 valence electrons. The van der Waals surface area contributed by atoms with Crippen LogP contribution in [0.4, 0.5) is 4.39 Å². The predicted octanol–water partition coefficient (Wildman–Crippen LogP) is 4.02. The fourth-order valence-corrected chi connectivity index (χ4v) is 4.18. The highest BCUT2D eigenvalue weighted by atomic mass is 19.1. The molecule has 7 heteroatoms. The van der Waals surface area contributed by atoms with Crippen LogP contribution in [0.25, 0.3) is 28.5 Å². The maximum absolute atomic E-state index is 14.6. The molecule has 30 heavy (non-hydrogen) atoms. The van der Waals surface area contributed by atoms with Gasteiger partial charge in [-0.05, 0) is 55.8 Å². The summed E-state index contributed by atoms with van der Waals surface area (Å²) in [7, 11) is 0. The number of imidazole rings is 1. The Hall–Kier alpha value is -3.03. The number of likely N-dealkylation sites (N-methyl/N-ethyl adjacent to an activating group) is 1. The zero-order valence-corrected chi connectivity index (χ0v) is 16.9. The van der Waals surface area contributed by atoms with Crippen LogP contribution in [-0.2, 0) is 4.79 Å². The van der Waals surface area contributed by atoms with Gasteiger partial charge in [0.25, 0.3) is 5.91 Å². The molecule has 1 unspecified atom stereocenters. The number of hydroxylamine groups is 1. The van der Waals surface area contributed by atoms with E-state index in [1.54, 1.807) is 17.6 Å². The second kappa shape index (κ2) is 8.77. The van der Waals surface area contributed by atoms with Crippen molar-refractivity contribution in [1.82, 2.24) is 19.9 Å². The highest BCUT2D eigenvalue weighted by molar-refractivity contribution is 5.91. The van der Waals surface area contributed by atoms with Crippen molar-refractivity contribution in [1.29, 1.82) is 0 Å². The van der Waals surface area contributed by atoms with Crippen molar-refractivity contribution in [2.75, 3.05) is 19.6 Å². The summed E-state index contributed by atoms with van der Waals surface area (Å²) >= 11 is 0. The van der Waals surface area contributed by atoms with Crippen LogP contribution in [0, 0.1) is 5.82 Å².